The molecule has 4 aromatic heterocycles. The number of pyridine rings is 1. The molecule has 1 fully saturated rings. The second kappa shape index (κ2) is 11.7. The monoisotopic (exact) mass is 613 g/mol. The molecular formula is C31H47N7O4S. The molecule has 0 atom stereocenters. The SMILES string of the molecule is CC(C)n1c(=O)[nH]c2cnc3c(c(C4CCN(C(=O)OC(C)(C)C)CC4)c(-c4cnn(C)c4)n3COCCS(C)(C)C)c21. The quantitative estimate of drug-likeness (QED) is 0.265. The van der Waals surface area contributed by atoms with Crippen LogP contribution in [0.25, 0.3) is 33.3 Å². The predicted molar refractivity (Wildman–Crippen MR) is 174 cm³/mol. The molecule has 0 radical (unpaired) electrons. The minimum Gasteiger partial charge on any atom is -0.444 e. The van der Waals surface area contributed by atoms with Crippen LogP contribution in [0.4, 0.5) is 4.79 Å². The molecule has 0 bridgehead atoms. The Labute approximate surface area is 254 Å². The van der Waals surface area contributed by atoms with Gasteiger partial charge in [0.05, 0.1) is 35.7 Å². The van der Waals surface area contributed by atoms with Crippen molar-refractivity contribution in [2.24, 2.45) is 7.05 Å². The standard InChI is InChI=1S/C31H47N7O4S/c1-20(2)38-27-23(34-29(38)39)17-32-28-25(27)24(21-10-12-36(13-11-21)30(40)42-31(3,4)5)26(22-16-33-35(6)18-22)37(28)19-41-14-15-43(7,8)9/h16-18,20-21H,10-15,19H2,1-9H3,(H,34,39). The third-order valence-corrected chi connectivity index (χ3v) is 9.28. The van der Waals surface area contributed by atoms with Crippen molar-refractivity contribution in [1.82, 2.24) is 33.8 Å². The number of nitrogens with zero attached hydrogens (tertiary/aromatic N) is 6. The van der Waals surface area contributed by atoms with Gasteiger partial charge in [0.1, 0.15) is 18.0 Å². The van der Waals surface area contributed by atoms with Gasteiger partial charge in [-0.1, -0.05) is 0 Å². The average Bonchev–Trinajstić information content (AvgIpc) is 3.57. The summed E-state index contributed by atoms with van der Waals surface area (Å²) in [5.41, 5.74) is 4.77. The minimum absolute atomic E-state index is 0.0510. The first-order valence-electron chi connectivity index (χ1n) is 15.0. The molecule has 236 valence electrons. The fraction of sp³-hybridized carbons (Fsp3) is 0.613. The number of H-pyrrole nitrogens is 1. The molecule has 0 saturated carbocycles. The molecular weight excluding hydrogens is 566 g/mol. The number of aromatic nitrogens is 6. The van der Waals surface area contributed by atoms with Crippen LogP contribution < -0.4 is 5.69 Å². The number of ether oxygens (including phenoxy) is 2. The van der Waals surface area contributed by atoms with E-state index in [1.165, 1.54) is 0 Å². The van der Waals surface area contributed by atoms with Gasteiger partial charge in [-0.05, 0) is 77.7 Å². The average molecular weight is 614 g/mol. The van der Waals surface area contributed by atoms with Gasteiger partial charge in [-0.2, -0.15) is 5.10 Å². The number of carbonyl (C=O) groups is 1. The van der Waals surface area contributed by atoms with E-state index in [9.17, 15) is 9.59 Å². The Morgan fingerprint density at radius 3 is 2.44 bits per heavy atom. The smallest absolute Gasteiger partial charge is 0.410 e. The Kier molecular flexibility index (Phi) is 8.47. The summed E-state index contributed by atoms with van der Waals surface area (Å²) in [6.07, 6.45) is 13.8. The van der Waals surface area contributed by atoms with Crippen molar-refractivity contribution in [2.75, 3.05) is 44.2 Å². The lowest BCUT2D eigenvalue weighted by Gasteiger charge is -2.34. The summed E-state index contributed by atoms with van der Waals surface area (Å²) in [7, 11) is 1.21. The van der Waals surface area contributed by atoms with Crippen molar-refractivity contribution in [2.45, 2.75) is 71.8 Å². The van der Waals surface area contributed by atoms with Gasteiger partial charge in [0, 0.05) is 49.1 Å². The molecule has 5 rings (SSSR count). The number of likely N-dealkylation sites (tertiary alicyclic amines) is 1. The van der Waals surface area contributed by atoms with Crippen LogP contribution in [0.5, 0.6) is 0 Å². The fourth-order valence-corrected chi connectivity index (χ4v) is 6.56. The maximum Gasteiger partial charge on any atom is 0.410 e. The molecule has 1 saturated heterocycles. The molecule has 1 aliphatic rings. The van der Waals surface area contributed by atoms with Crippen LogP contribution in [0, 0.1) is 0 Å². The van der Waals surface area contributed by atoms with Crippen molar-refractivity contribution >= 4 is 38.2 Å². The molecule has 43 heavy (non-hydrogen) atoms. The lowest BCUT2D eigenvalue weighted by Crippen LogP contribution is -2.41. The predicted octanol–water partition coefficient (Wildman–Crippen LogP) is 5.44. The molecule has 0 aliphatic carbocycles. The van der Waals surface area contributed by atoms with Crippen LogP contribution >= 0.6 is 10.0 Å². The molecule has 0 spiro atoms. The number of aryl methyl sites for hydroxylation is 1. The molecule has 1 amide bonds. The van der Waals surface area contributed by atoms with Crippen LogP contribution in [0.15, 0.2) is 23.4 Å². The summed E-state index contributed by atoms with van der Waals surface area (Å²) in [5.74, 6) is 1.13. The number of imidazole rings is 1. The Morgan fingerprint density at radius 2 is 1.86 bits per heavy atom. The van der Waals surface area contributed by atoms with E-state index in [2.05, 4.69) is 33.4 Å². The first kappa shape index (κ1) is 31.2. The Morgan fingerprint density at radius 1 is 1.16 bits per heavy atom. The minimum atomic E-state index is -0.705. The number of fused-ring (bicyclic) bond motifs is 3. The Hall–Kier alpha value is -3.25. The number of aromatic amines is 1. The zero-order chi connectivity index (χ0) is 31.3. The van der Waals surface area contributed by atoms with Crippen molar-refractivity contribution in [3.05, 3.63) is 34.6 Å². The number of piperidine rings is 1. The number of carbonyl (C=O) groups excluding carboxylic acids is 1. The summed E-state index contributed by atoms with van der Waals surface area (Å²) in [6, 6.07) is -0.0510. The molecule has 0 unspecified atom stereocenters. The van der Waals surface area contributed by atoms with Gasteiger partial charge >= 0.3 is 11.8 Å². The molecule has 1 N–H and O–H groups in total. The first-order valence-corrected chi connectivity index (χ1v) is 18.0. The normalized spacial score (nSPS) is 15.7. The number of rotatable bonds is 8. The van der Waals surface area contributed by atoms with E-state index in [1.54, 1.807) is 15.8 Å². The van der Waals surface area contributed by atoms with Gasteiger partial charge in [0.2, 0.25) is 0 Å². The zero-order valence-corrected chi connectivity index (χ0v) is 27.9. The lowest BCUT2D eigenvalue weighted by molar-refractivity contribution is 0.0205. The molecule has 12 heteroatoms. The summed E-state index contributed by atoms with van der Waals surface area (Å²) in [4.78, 5) is 35.9. The molecule has 0 aromatic carbocycles. The number of hydrogen-bond acceptors (Lipinski definition) is 6. The van der Waals surface area contributed by atoms with Gasteiger partial charge in [0.25, 0.3) is 0 Å². The number of hydrogen-bond donors (Lipinski definition) is 1. The van der Waals surface area contributed by atoms with Crippen molar-refractivity contribution in [3.63, 3.8) is 0 Å². The van der Waals surface area contributed by atoms with Gasteiger partial charge in [-0.15, -0.1) is 0 Å². The molecule has 1 aliphatic heterocycles. The highest BCUT2D eigenvalue weighted by molar-refractivity contribution is 8.32. The zero-order valence-electron chi connectivity index (χ0n) is 27.1. The second-order valence-electron chi connectivity index (χ2n) is 13.8. The summed E-state index contributed by atoms with van der Waals surface area (Å²) in [6.45, 7) is 11.9. The van der Waals surface area contributed by atoms with Crippen LogP contribution in [0.2, 0.25) is 0 Å². The fourth-order valence-electron chi connectivity index (χ4n) is 5.95. The summed E-state index contributed by atoms with van der Waals surface area (Å²) < 4.78 is 17.8. The van der Waals surface area contributed by atoms with E-state index in [1.807, 2.05) is 58.6 Å². The maximum atomic E-state index is 13.2. The molecule has 5 heterocycles. The number of amides is 1. The molecule has 11 nitrogen and oxygen atoms in total. The van der Waals surface area contributed by atoms with Crippen molar-refractivity contribution < 1.29 is 14.3 Å². The summed E-state index contributed by atoms with van der Waals surface area (Å²) in [5, 5.41) is 5.48. The van der Waals surface area contributed by atoms with E-state index in [-0.39, 0.29) is 23.7 Å². The highest BCUT2D eigenvalue weighted by atomic mass is 32.3. The van der Waals surface area contributed by atoms with E-state index >= 15 is 0 Å². The second-order valence-corrected chi connectivity index (χ2v) is 18.4. The van der Waals surface area contributed by atoms with Gasteiger partial charge in [-0.3, -0.25) is 9.25 Å². The van der Waals surface area contributed by atoms with Gasteiger partial charge in [-0.25, -0.2) is 24.6 Å². The first-order chi connectivity index (χ1) is 20.1. The van der Waals surface area contributed by atoms with E-state index in [0.717, 1.165) is 52.0 Å². The highest BCUT2D eigenvalue weighted by Crippen LogP contribution is 2.44. The maximum absolute atomic E-state index is 13.2. The van der Waals surface area contributed by atoms with Crippen LogP contribution in [0.1, 0.15) is 65.0 Å². The molecule has 4 aromatic rings. The summed E-state index contributed by atoms with van der Waals surface area (Å²) >= 11 is 0. The van der Waals surface area contributed by atoms with Gasteiger partial charge in [0.15, 0.2) is 0 Å². The van der Waals surface area contributed by atoms with Crippen LogP contribution in [-0.2, 0) is 23.3 Å². The largest absolute Gasteiger partial charge is 0.444 e. The van der Waals surface area contributed by atoms with Crippen molar-refractivity contribution in [1.29, 1.82) is 0 Å². The highest BCUT2D eigenvalue weighted by Gasteiger charge is 2.34. The number of nitrogens with one attached hydrogen (secondary N) is 1. The topological polar surface area (TPSA) is 112 Å². The third-order valence-electron chi connectivity index (χ3n) is 7.89. The van der Waals surface area contributed by atoms with Crippen molar-refractivity contribution in [3.8, 4) is 11.3 Å². The van der Waals surface area contributed by atoms with Gasteiger partial charge < -0.3 is 23.9 Å². The third kappa shape index (κ3) is 6.50. The Bertz CT molecular complexity index is 1670. The Balaban J connectivity index is 1.68. The van der Waals surface area contributed by atoms with E-state index in [4.69, 9.17) is 14.5 Å². The van der Waals surface area contributed by atoms with Crippen LogP contribution in [-0.4, -0.2) is 89.7 Å². The van der Waals surface area contributed by atoms with E-state index < -0.39 is 15.6 Å². The van der Waals surface area contributed by atoms with E-state index in [0.29, 0.717) is 31.9 Å². The lowest BCUT2D eigenvalue weighted by atomic mass is 9.86. The van der Waals surface area contributed by atoms with Crippen LogP contribution in [0.3, 0.4) is 0 Å².